The zero-order valence-electron chi connectivity index (χ0n) is 9.24. The Hall–Kier alpha value is -2.35. The molecule has 2 heteroatoms. The Morgan fingerprint density at radius 1 is 0.882 bits per heavy atom. The second-order valence-corrected chi connectivity index (χ2v) is 3.48. The van der Waals surface area contributed by atoms with E-state index in [1.165, 1.54) is 6.08 Å². The fourth-order valence-corrected chi connectivity index (χ4v) is 1.37. The molecular formula is C15H12O2. The summed E-state index contributed by atoms with van der Waals surface area (Å²) in [4.78, 5) is 11.5. The van der Waals surface area contributed by atoms with E-state index in [9.17, 15) is 4.79 Å². The summed E-state index contributed by atoms with van der Waals surface area (Å²) in [7, 11) is 0. The smallest absolute Gasteiger partial charge is 0.336 e. The van der Waals surface area contributed by atoms with Gasteiger partial charge in [0.05, 0.1) is 0 Å². The molecule has 2 aromatic carbocycles. The highest BCUT2D eigenvalue weighted by Gasteiger charge is 1.98. The Kier molecular flexibility index (Phi) is 3.71. The molecule has 0 aromatic heterocycles. The van der Waals surface area contributed by atoms with Crippen LogP contribution in [0.3, 0.4) is 0 Å². The number of hydrogen-bond donors (Lipinski definition) is 0. The molecule has 2 rings (SSSR count). The van der Waals surface area contributed by atoms with Crippen LogP contribution in [0.2, 0.25) is 0 Å². The van der Waals surface area contributed by atoms with Crippen molar-refractivity contribution < 1.29 is 9.53 Å². The molecular weight excluding hydrogens is 212 g/mol. The first kappa shape index (κ1) is 11.1. The first-order valence-electron chi connectivity index (χ1n) is 5.34. The molecule has 84 valence electrons. The minimum absolute atomic E-state index is 0.375. The van der Waals surface area contributed by atoms with Crippen LogP contribution in [0.4, 0.5) is 0 Å². The van der Waals surface area contributed by atoms with Crippen molar-refractivity contribution in [3.63, 3.8) is 0 Å². The topological polar surface area (TPSA) is 26.3 Å². The number of ether oxygens (including phenoxy) is 1. The van der Waals surface area contributed by atoms with E-state index >= 15 is 0 Å². The Balaban J connectivity index is 1.96. The highest BCUT2D eigenvalue weighted by molar-refractivity contribution is 5.88. The fraction of sp³-hybridized carbons (Fsp3) is 0. The highest BCUT2D eigenvalue weighted by Crippen LogP contribution is 2.09. The van der Waals surface area contributed by atoms with Crippen LogP contribution in [0.25, 0.3) is 6.08 Å². The van der Waals surface area contributed by atoms with Crippen LogP contribution in [0.5, 0.6) is 5.75 Å². The Morgan fingerprint density at radius 2 is 1.47 bits per heavy atom. The van der Waals surface area contributed by atoms with Crippen LogP contribution in [0.15, 0.2) is 66.7 Å². The number of benzene rings is 2. The molecule has 0 bridgehead atoms. The Bertz CT molecular complexity index is 501. The third-order valence-corrected chi connectivity index (χ3v) is 2.17. The van der Waals surface area contributed by atoms with Crippen molar-refractivity contribution in [3.05, 3.63) is 72.3 Å². The van der Waals surface area contributed by atoms with Crippen molar-refractivity contribution >= 4 is 12.0 Å². The molecule has 0 amide bonds. The summed E-state index contributed by atoms with van der Waals surface area (Å²) >= 11 is 0. The van der Waals surface area contributed by atoms with Crippen LogP contribution >= 0.6 is 0 Å². The molecule has 2 nitrogen and oxygen atoms in total. The molecule has 0 saturated carbocycles. The van der Waals surface area contributed by atoms with Gasteiger partial charge in [-0.05, 0) is 23.8 Å². The quantitative estimate of drug-likeness (QED) is 0.454. The van der Waals surface area contributed by atoms with Gasteiger partial charge in [-0.1, -0.05) is 48.5 Å². The van der Waals surface area contributed by atoms with Crippen molar-refractivity contribution in [2.75, 3.05) is 0 Å². The lowest BCUT2D eigenvalue weighted by atomic mass is 10.2. The van der Waals surface area contributed by atoms with Crippen LogP contribution in [0, 0.1) is 0 Å². The number of para-hydroxylation sites is 1. The zero-order valence-corrected chi connectivity index (χ0v) is 9.24. The monoisotopic (exact) mass is 224 g/mol. The predicted octanol–water partition coefficient (Wildman–Crippen LogP) is 3.31. The molecule has 0 heterocycles. The van der Waals surface area contributed by atoms with E-state index in [0.717, 1.165) is 5.56 Å². The number of carbonyl (C=O) groups is 1. The number of esters is 1. The van der Waals surface area contributed by atoms with Crippen molar-refractivity contribution in [1.82, 2.24) is 0 Å². The minimum atomic E-state index is -0.375. The van der Waals surface area contributed by atoms with E-state index < -0.39 is 0 Å². The molecule has 0 saturated heterocycles. The van der Waals surface area contributed by atoms with E-state index in [0.29, 0.717) is 5.75 Å². The summed E-state index contributed by atoms with van der Waals surface area (Å²) in [5.74, 6) is 0.176. The van der Waals surface area contributed by atoms with Gasteiger partial charge in [0.2, 0.25) is 0 Å². The van der Waals surface area contributed by atoms with E-state index in [-0.39, 0.29) is 5.97 Å². The van der Waals surface area contributed by atoms with Gasteiger partial charge in [-0.3, -0.25) is 0 Å². The van der Waals surface area contributed by atoms with Crippen LogP contribution in [0.1, 0.15) is 5.56 Å². The molecule has 0 spiro atoms. The SMILES string of the molecule is O=C(/C=C\c1ccccc1)Oc1ccccc1. The summed E-state index contributed by atoms with van der Waals surface area (Å²) < 4.78 is 5.11. The lowest BCUT2D eigenvalue weighted by molar-refractivity contribution is -0.128. The van der Waals surface area contributed by atoms with Crippen molar-refractivity contribution in [1.29, 1.82) is 0 Å². The molecule has 0 fully saturated rings. The zero-order chi connectivity index (χ0) is 11.9. The largest absolute Gasteiger partial charge is 0.423 e. The molecule has 0 aliphatic heterocycles. The van der Waals surface area contributed by atoms with Gasteiger partial charge >= 0.3 is 5.97 Å². The van der Waals surface area contributed by atoms with Gasteiger partial charge in [-0.2, -0.15) is 0 Å². The first-order valence-corrected chi connectivity index (χ1v) is 5.34. The van der Waals surface area contributed by atoms with Crippen LogP contribution in [-0.2, 0) is 4.79 Å². The van der Waals surface area contributed by atoms with Crippen LogP contribution in [-0.4, -0.2) is 5.97 Å². The van der Waals surface area contributed by atoms with Crippen molar-refractivity contribution in [2.24, 2.45) is 0 Å². The minimum Gasteiger partial charge on any atom is -0.423 e. The maximum Gasteiger partial charge on any atom is 0.336 e. The molecule has 0 atom stereocenters. The van der Waals surface area contributed by atoms with E-state index in [1.807, 2.05) is 48.5 Å². The average molecular weight is 224 g/mol. The second-order valence-electron chi connectivity index (χ2n) is 3.48. The third kappa shape index (κ3) is 3.61. The van der Waals surface area contributed by atoms with Gasteiger partial charge in [0, 0.05) is 6.08 Å². The highest BCUT2D eigenvalue weighted by atomic mass is 16.5. The van der Waals surface area contributed by atoms with Gasteiger partial charge in [-0.15, -0.1) is 0 Å². The Labute approximate surface area is 100 Å². The lowest BCUT2D eigenvalue weighted by Gasteiger charge is -1.99. The normalized spacial score (nSPS) is 10.4. The maximum atomic E-state index is 11.5. The van der Waals surface area contributed by atoms with Gasteiger partial charge in [-0.25, -0.2) is 4.79 Å². The second kappa shape index (κ2) is 5.66. The fourth-order valence-electron chi connectivity index (χ4n) is 1.37. The molecule has 0 radical (unpaired) electrons. The van der Waals surface area contributed by atoms with Gasteiger partial charge in [0.15, 0.2) is 0 Å². The van der Waals surface area contributed by atoms with E-state index in [2.05, 4.69) is 0 Å². The van der Waals surface area contributed by atoms with Crippen molar-refractivity contribution in [3.8, 4) is 5.75 Å². The number of hydrogen-bond acceptors (Lipinski definition) is 2. The predicted molar refractivity (Wildman–Crippen MR) is 67.6 cm³/mol. The summed E-state index contributed by atoms with van der Waals surface area (Å²) in [5.41, 5.74) is 0.970. The molecule has 0 unspecified atom stereocenters. The summed E-state index contributed by atoms with van der Waals surface area (Å²) in [6.07, 6.45) is 3.15. The van der Waals surface area contributed by atoms with Gasteiger partial charge in [0.25, 0.3) is 0 Å². The average Bonchev–Trinajstić information content (AvgIpc) is 2.39. The van der Waals surface area contributed by atoms with Crippen LogP contribution < -0.4 is 4.74 Å². The molecule has 0 aliphatic carbocycles. The molecule has 17 heavy (non-hydrogen) atoms. The van der Waals surface area contributed by atoms with Gasteiger partial charge < -0.3 is 4.74 Å². The Morgan fingerprint density at radius 3 is 2.12 bits per heavy atom. The maximum absolute atomic E-state index is 11.5. The van der Waals surface area contributed by atoms with E-state index in [1.54, 1.807) is 18.2 Å². The van der Waals surface area contributed by atoms with E-state index in [4.69, 9.17) is 4.74 Å². The van der Waals surface area contributed by atoms with Crippen molar-refractivity contribution in [2.45, 2.75) is 0 Å². The van der Waals surface area contributed by atoms with Gasteiger partial charge in [0.1, 0.15) is 5.75 Å². The summed E-state index contributed by atoms with van der Waals surface area (Å²) in [6.45, 7) is 0. The third-order valence-electron chi connectivity index (χ3n) is 2.17. The number of carbonyl (C=O) groups excluding carboxylic acids is 1. The standard InChI is InChI=1S/C15H12O2/c16-15(17-14-9-5-2-6-10-14)12-11-13-7-3-1-4-8-13/h1-12H/b12-11-. The summed E-state index contributed by atoms with van der Waals surface area (Å²) in [5, 5.41) is 0. The molecule has 2 aromatic rings. The first-order chi connectivity index (χ1) is 8.34. The number of rotatable bonds is 3. The molecule has 0 N–H and O–H groups in total. The lowest BCUT2D eigenvalue weighted by Crippen LogP contribution is -2.03. The molecule has 0 aliphatic rings. The summed E-state index contributed by atoms with van der Waals surface area (Å²) in [6, 6.07) is 18.6.